The van der Waals surface area contributed by atoms with E-state index in [0.29, 0.717) is 6.42 Å². The van der Waals surface area contributed by atoms with Crippen LogP contribution in [0.3, 0.4) is 0 Å². The minimum atomic E-state index is -0.196. The van der Waals surface area contributed by atoms with Crippen LogP contribution in [0.4, 0.5) is 4.39 Å². The third kappa shape index (κ3) is 9.08. The lowest BCUT2D eigenvalue weighted by Gasteiger charge is -2.12. The Morgan fingerprint density at radius 2 is 1.88 bits per heavy atom. The van der Waals surface area contributed by atoms with E-state index >= 15 is 0 Å². The topological polar surface area (TPSA) is 62.7 Å². The van der Waals surface area contributed by atoms with Crippen molar-refractivity contribution in [2.75, 3.05) is 27.2 Å². The van der Waals surface area contributed by atoms with Gasteiger partial charge < -0.3 is 15.4 Å². The summed E-state index contributed by atoms with van der Waals surface area (Å²) in [6.45, 7) is 3.50. The van der Waals surface area contributed by atoms with E-state index in [0.717, 1.165) is 62.3 Å². The van der Waals surface area contributed by atoms with Crippen LogP contribution in [0.25, 0.3) is 0 Å². The molecule has 6 heteroatoms. The molecule has 0 atom stereocenters. The Morgan fingerprint density at radius 3 is 2.56 bits per heavy atom. The van der Waals surface area contributed by atoms with Crippen molar-refractivity contribution in [2.24, 2.45) is 4.99 Å². The van der Waals surface area contributed by atoms with E-state index in [-0.39, 0.29) is 11.8 Å². The van der Waals surface area contributed by atoms with E-state index in [1.165, 1.54) is 13.2 Å². The van der Waals surface area contributed by atoms with Gasteiger partial charge in [0, 0.05) is 26.6 Å². The second-order valence-corrected chi connectivity index (χ2v) is 5.99. The predicted octanol–water partition coefficient (Wildman–Crippen LogP) is 2.97. The number of rotatable bonds is 10. The summed E-state index contributed by atoms with van der Waals surface area (Å²) >= 11 is 0. The number of aryl methyl sites for hydroxylation is 1. The fraction of sp³-hybridized carbons (Fsp3) is 0.579. The summed E-state index contributed by atoms with van der Waals surface area (Å²) in [6.07, 6.45) is 5.30. The number of nitrogens with zero attached hydrogens (tertiary/aromatic N) is 1. The van der Waals surface area contributed by atoms with Gasteiger partial charge in [0.1, 0.15) is 5.82 Å². The van der Waals surface area contributed by atoms with Gasteiger partial charge >= 0.3 is 5.97 Å². The summed E-state index contributed by atoms with van der Waals surface area (Å²) in [7, 11) is 3.16. The molecule has 1 aromatic rings. The number of nitrogens with one attached hydrogen (secondary N) is 2. The average molecular weight is 351 g/mol. The van der Waals surface area contributed by atoms with E-state index in [1.807, 2.05) is 13.0 Å². The first-order chi connectivity index (χ1) is 12.1. The van der Waals surface area contributed by atoms with Crippen LogP contribution in [0.5, 0.6) is 0 Å². The number of hydrogen-bond acceptors (Lipinski definition) is 3. The van der Waals surface area contributed by atoms with Crippen LogP contribution >= 0.6 is 0 Å². The molecule has 25 heavy (non-hydrogen) atoms. The Bertz CT molecular complexity index is 562. The van der Waals surface area contributed by atoms with E-state index in [1.54, 1.807) is 13.1 Å². The number of benzene rings is 1. The summed E-state index contributed by atoms with van der Waals surface area (Å²) in [6, 6.07) is 4.88. The lowest BCUT2D eigenvalue weighted by molar-refractivity contribution is -0.140. The van der Waals surface area contributed by atoms with Gasteiger partial charge in [-0.15, -0.1) is 0 Å². The van der Waals surface area contributed by atoms with Crippen molar-refractivity contribution in [3.05, 3.63) is 35.1 Å². The van der Waals surface area contributed by atoms with E-state index in [9.17, 15) is 9.18 Å². The summed E-state index contributed by atoms with van der Waals surface area (Å²) in [4.78, 5) is 15.2. The molecule has 0 saturated heterocycles. The summed E-state index contributed by atoms with van der Waals surface area (Å²) in [5, 5.41) is 6.55. The Morgan fingerprint density at radius 1 is 1.16 bits per heavy atom. The molecule has 0 saturated carbocycles. The maximum absolute atomic E-state index is 13.1. The molecule has 0 unspecified atom stereocenters. The van der Waals surface area contributed by atoms with Gasteiger partial charge in [-0.25, -0.2) is 4.39 Å². The number of guanidine groups is 1. The Kier molecular flexibility index (Phi) is 10.3. The first-order valence-electron chi connectivity index (χ1n) is 8.83. The minimum absolute atomic E-state index is 0.140. The Labute approximate surface area is 150 Å². The smallest absolute Gasteiger partial charge is 0.305 e. The number of carbonyl (C=O) groups is 1. The number of aliphatic imine (C=N–C) groups is 1. The largest absolute Gasteiger partial charge is 0.469 e. The highest BCUT2D eigenvalue weighted by atomic mass is 19.1. The zero-order chi connectivity index (χ0) is 18.5. The van der Waals surface area contributed by atoms with E-state index in [4.69, 9.17) is 0 Å². The summed E-state index contributed by atoms with van der Waals surface area (Å²) in [5.74, 6) is 0.437. The molecular formula is C19H30FN3O2. The Hall–Kier alpha value is -2.11. The fourth-order valence-electron chi connectivity index (χ4n) is 2.53. The van der Waals surface area contributed by atoms with Gasteiger partial charge in [0.25, 0.3) is 0 Å². The molecule has 1 aromatic carbocycles. The number of methoxy groups -OCH3 is 1. The second kappa shape index (κ2) is 12.3. The van der Waals surface area contributed by atoms with Crippen LogP contribution in [0.15, 0.2) is 23.2 Å². The molecule has 2 N–H and O–H groups in total. The van der Waals surface area contributed by atoms with Crippen molar-refractivity contribution >= 4 is 11.9 Å². The highest BCUT2D eigenvalue weighted by Gasteiger charge is 2.02. The first-order valence-corrected chi connectivity index (χ1v) is 8.83. The van der Waals surface area contributed by atoms with Crippen molar-refractivity contribution in [2.45, 2.75) is 45.4 Å². The van der Waals surface area contributed by atoms with Crippen molar-refractivity contribution in [3.63, 3.8) is 0 Å². The highest BCUT2D eigenvalue weighted by Crippen LogP contribution is 2.10. The van der Waals surface area contributed by atoms with Gasteiger partial charge in [0.05, 0.1) is 7.11 Å². The molecule has 5 nitrogen and oxygen atoms in total. The highest BCUT2D eigenvalue weighted by molar-refractivity contribution is 5.79. The van der Waals surface area contributed by atoms with Crippen molar-refractivity contribution in [3.8, 4) is 0 Å². The van der Waals surface area contributed by atoms with Crippen LogP contribution in [0, 0.1) is 12.7 Å². The molecule has 0 spiro atoms. The number of esters is 1. The molecule has 0 aromatic heterocycles. The lowest BCUT2D eigenvalue weighted by atomic mass is 10.1. The number of ether oxygens (including phenoxy) is 1. The van der Waals surface area contributed by atoms with Crippen LogP contribution < -0.4 is 10.6 Å². The average Bonchev–Trinajstić information content (AvgIpc) is 2.60. The van der Waals surface area contributed by atoms with Crippen LogP contribution in [0.1, 0.15) is 43.2 Å². The third-order valence-corrected chi connectivity index (χ3v) is 4.04. The maximum atomic E-state index is 13.1. The molecule has 0 radical (unpaired) electrons. The minimum Gasteiger partial charge on any atom is -0.469 e. The molecule has 0 aliphatic heterocycles. The van der Waals surface area contributed by atoms with E-state index < -0.39 is 0 Å². The van der Waals surface area contributed by atoms with Gasteiger partial charge in [-0.2, -0.15) is 0 Å². The number of hydrogen-bond donors (Lipinski definition) is 2. The van der Waals surface area contributed by atoms with Gasteiger partial charge in [-0.3, -0.25) is 9.79 Å². The number of carbonyl (C=O) groups excluding carboxylic acids is 1. The lowest BCUT2D eigenvalue weighted by Crippen LogP contribution is -2.38. The van der Waals surface area contributed by atoms with Crippen molar-refractivity contribution in [1.82, 2.24) is 10.6 Å². The van der Waals surface area contributed by atoms with Gasteiger partial charge in [-0.05, 0) is 49.4 Å². The van der Waals surface area contributed by atoms with Crippen molar-refractivity contribution < 1.29 is 13.9 Å². The monoisotopic (exact) mass is 351 g/mol. The van der Waals surface area contributed by atoms with Crippen LogP contribution in [-0.2, 0) is 16.0 Å². The zero-order valence-corrected chi connectivity index (χ0v) is 15.5. The number of unbranched alkanes of at least 4 members (excludes halogenated alkanes) is 3. The van der Waals surface area contributed by atoms with Gasteiger partial charge in [0.15, 0.2) is 5.96 Å². The normalized spacial score (nSPS) is 11.3. The van der Waals surface area contributed by atoms with Gasteiger partial charge in [0.2, 0.25) is 0 Å². The molecule has 140 valence electrons. The molecule has 0 heterocycles. The second-order valence-electron chi connectivity index (χ2n) is 5.99. The molecule has 0 aliphatic rings. The molecule has 0 aliphatic carbocycles. The van der Waals surface area contributed by atoms with Crippen LogP contribution in [0.2, 0.25) is 0 Å². The molecule has 0 bridgehead atoms. The molecular weight excluding hydrogens is 321 g/mol. The van der Waals surface area contributed by atoms with Gasteiger partial charge in [-0.1, -0.05) is 18.9 Å². The van der Waals surface area contributed by atoms with Crippen molar-refractivity contribution in [1.29, 1.82) is 0 Å². The Balaban J connectivity index is 2.13. The third-order valence-electron chi connectivity index (χ3n) is 4.04. The van der Waals surface area contributed by atoms with E-state index in [2.05, 4.69) is 20.4 Å². The standard InChI is InChI=1S/C19H30FN3O2/c1-15-14-17(20)10-9-16(15)11-13-23-19(21-2)22-12-7-5-4-6-8-18(24)25-3/h9-10,14H,4-8,11-13H2,1-3H3,(H2,21,22,23). The maximum Gasteiger partial charge on any atom is 0.305 e. The zero-order valence-electron chi connectivity index (χ0n) is 15.5. The first kappa shape index (κ1) is 20.9. The fourth-order valence-corrected chi connectivity index (χ4v) is 2.53. The summed E-state index contributed by atoms with van der Waals surface area (Å²) in [5.41, 5.74) is 2.10. The number of halogens is 1. The summed E-state index contributed by atoms with van der Waals surface area (Å²) < 4.78 is 17.7. The molecule has 0 fully saturated rings. The SMILES string of the molecule is CN=C(NCCCCCCC(=O)OC)NCCc1ccc(F)cc1C. The molecule has 0 amide bonds. The van der Waals surface area contributed by atoms with Crippen LogP contribution in [-0.4, -0.2) is 39.2 Å². The quantitative estimate of drug-likeness (QED) is 0.294. The predicted molar refractivity (Wildman–Crippen MR) is 99.3 cm³/mol. The molecule has 1 rings (SSSR count).